The summed E-state index contributed by atoms with van der Waals surface area (Å²) >= 11 is 0. The van der Waals surface area contributed by atoms with E-state index in [2.05, 4.69) is 20.3 Å². The first-order valence-electron chi connectivity index (χ1n) is 10.0. The van der Waals surface area contributed by atoms with Crippen LogP contribution in [0.4, 0.5) is 4.79 Å². The van der Waals surface area contributed by atoms with Crippen molar-refractivity contribution < 1.29 is 17.9 Å². The van der Waals surface area contributed by atoms with Crippen LogP contribution in [0.15, 0.2) is 35.3 Å². The van der Waals surface area contributed by atoms with E-state index in [1.165, 1.54) is 0 Å². The topological polar surface area (TPSA) is 112 Å². The molecule has 1 unspecified atom stereocenters. The van der Waals surface area contributed by atoms with E-state index in [1.807, 2.05) is 56.0 Å². The van der Waals surface area contributed by atoms with Crippen molar-refractivity contribution in [3.8, 4) is 0 Å². The second-order valence-corrected chi connectivity index (χ2v) is 10.1. The summed E-state index contributed by atoms with van der Waals surface area (Å²) in [6, 6.07) is 9.33. The van der Waals surface area contributed by atoms with Crippen LogP contribution in [0.25, 0.3) is 0 Å². The van der Waals surface area contributed by atoms with E-state index in [0.717, 1.165) is 12.0 Å². The molecule has 10 heteroatoms. The number of nitrogens with one attached hydrogen (secondary N) is 3. The smallest absolute Gasteiger partial charge is 0.407 e. The van der Waals surface area contributed by atoms with Crippen LogP contribution in [0.1, 0.15) is 32.8 Å². The molecule has 3 N–H and O–H groups in total. The highest BCUT2D eigenvalue weighted by Gasteiger charge is 2.28. The molecular weight excluding hydrogens is 406 g/mol. The molecule has 0 bridgehead atoms. The molecule has 168 valence electrons. The van der Waals surface area contributed by atoms with Crippen molar-refractivity contribution in [3.63, 3.8) is 0 Å². The van der Waals surface area contributed by atoms with E-state index in [0.29, 0.717) is 19.0 Å². The first-order valence-corrected chi connectivity index (χ1v) is 11.7. The molecule has 1 aromatic carbocycles. The first-order chi connectivity index (χ1) is 14.1. The van der Waals surface area contributed by atoms with Gasteiger partial charge in [0, 0.05) is 33.2 Å². The lowest BCUT2D eigenvalue weighted by atomic mass is 10.2. The van der Waals surface area contributed by atoms with Gasteiger partial charge in [0.05, 0.1) is 11.8 Å². The van der Waals surface area contributed by atoms with Crippen LogP contribution in [0.3, 0.4) is 0 Å². The number of ether oxygens (including phenoxy) is 1. The quantitative estimate of drug-likeness (QED) is 0.436. The lowest BCUT2D eigenvalue weighted by Gasteiger charge is -2.23. The standard InChI is InChI=1S/C20H33N5O4S/c1-20(2,3)29-19(26)24-17-10-12-25(15-17)18(21-4)22-11-13-30(27,28)23-14-16-8-6-5-7-9-16/h5-9,17,23H,10-15H2,1-4H3,(H,21,22)(H,24,26). The Kier molecular flexibility index (Phi) is 8.48. The number of sulfonamides is 1. The summed E-state index contributed by atoms with van der Waals surface area (Å²) in [5.41, 5.74) is 0.366. The van der Waals surface area contributed by atoms with E-state index >= 15 is 0 Å². The molecule has 1 amide bonds. The maximum absolute atomic E-state index is 12.2. The van der Waals surface area contributed by atoms with E-state index in [-0.39, 0.29) is 24.9 Å². The van der Waals surface area contributed by atoms with Gasteiger partial charge in [0.15, 0.2) is 5.96 Å². The number of alkyl carbamates (subject to hydrolysis) is 1. The molecule has 1 aliphatic heterocycles. The molecule has 1 aromatic rings. The van der Waals surface area contributed by atoms with Gasteiger partial charge >= 0.3 is 6.09 Å². The van der Waals surface area contributed by atoms with Gasteiger partial charge in [0.1, 0.15) is 5.60 Å². The zero-order chi connectivity index (χ0) is 22.2. The molecule has 9 nitrogen and oxygen atoms in total. The van der Waals surface area contributed by atoms with E-state index < -0.39 is 21.7 Å². The number of nitrogens with zero attached hydrogens (tertiary/aromatic N) is 2. The van der Waals surface area contributed by atoms with E-state index in [1.54, 1.807) is 7.05 Å². The molecule has 30 heavy (non-hydrogen) atoms. The van der Waals surface area contributed by atoms with Crippen LogP contribution in [0.5, 0.6) is 0 Å². The minimum atomic E-state index is -3.41. The van der Waals surface area contributed by atoms with Crippen LogP contribution in [0.2, 0.25) is 0 Å². The minimum Gasteiger partial charge on any atom is -0.444 e. The number of guanidine groups is 1. The van der Waals surface area contributed by atoms with Gasteiger partial charge in [-0.2, -0.15) is 0 Å². The second-order valence-electron chi connectivity index (χ2n) is 8.18. The maximum Gasteiger partial charge on any atom is 0.407 e. The first kappa shape index (κ1) is 23.9. The lowest BCUT2D eigenvalue weighted by Crippen LogP contribution is -2.45. The maximum atomic E-state index is 12.2. The summed E-state index contributed by atoms with van der Waals surface area (Å²) in [6.45, 7) is 7.25. The summed E-state index contributed by atoms with van der Waals surface area (Å²) in [6.07, 6.45) is 0.324. The predicted octanol–water partition coefficient (Wildman–Crippen LogP) is 1.28. The minimum absolute atomic E-state index is 0.0466. The van der Waals surface area contributed by atoms with Gasteiger partial charge in [-0.1, -0.05) is 30.3 Å². The fourth-order valence-electron chi connectivity index (χ4n) is 3.04. The zero-order valence-corrected chi connectivity index (χ0v) is 19.0. The summed E-state index contributed by atoms with van der Waals surface area (Å²) in [4.78, 5) is 18.2. The van der Waals surface area contributed by atoms with Gasteiger partial charge in [-0.25, -0.2) is 17.9 Å². The van der Waals surface area contributed by atoms with Gasteiger partial charge in [0.25, 0.3) is 0 Å². The van der Waals surface area contributed by atoms with Crippen molar-refractivity contribution in [3.05, 3.63) is 35.9 Å². The van der Waals surface area contributed by atoms with Gasteiger partial charge in [-0.3, -0.25) is 4.99 Å². The van der Waals surface area contributed by atoms with Crippen LogP contribution in [-0.4, -0.2) is 69.4 Å². The molecule has 1 atom stereocenters. The molecule has 1 aliphatic rings. The van der Waals surface area contributed by atoms with Crippen molar-refractivity contribution in [1.82, 2.24) is 20.3 Å². The fraction of sp³-hybridized carbons (Fsp3) is 0.600. The van der Waals surface area contributed by atoms with Crippen LogP contribution >= 0.6 is 0 Å². The number of aliphatic imine (C=N–C) groups is 1. The summed E-state index contributed by atoms with van der Waals surface area (Å²) < 4.78 is 32.3. The normalized spacial score (nSPS) is 17.7. The van der Waals surface area contributed by atoms with Crippen molar-refractivity contribution in [2.75, 3.05) is 32.4 Å². The Hall–Kier alpha value is -2.33. The van der Waals surface area contributed by atoms with Crippen molar-refractivity contribution in [2.24, 2.45) is 4.99 Å². The SMILES string of the molecule is CN=C(NCCS(=O)(=O)NCc1ccccc1)N1CCC(NC(=O)OC(C)(C)C)C1. The Bertz CT molecular complexity index is 821. The van der Waals surface area contributed by atoms with Gasteiger partial charge in [-0.05, 0) is 32.8 Å². The van der Waals surface area contributed by atoms with Crippen molar-refractivity contribution in [2.45, 2.75) is 45.4 Å². The fourth-order valence-corrected chi connectivity index (χ4v) is 3.94. The van der Waals surface area contributed by atoms with Crippen LogP contribution < -0.4 is 15.4 Å². The molecule has 0 spiro atoms. The largest absolute Gasteiger partial charge is 0.444 e. The average molecular weight is 440 g/mol. The third kappa shape index (κ3) is 8.58. The Labute approximate surface area is 179 Å². The molecule has 0 radical (unpaired) electrons. The highest BCUT2D eigenvalue weighted by Crippen LogP contribution is 2.12. The predicted molar refractivity (Wildman–Crippen MR) is 118 cm³/mol. The Balaban J connectivity index is 1.74. The molecule has 1 heterocycles. The van der Waals surface area contributed by atoms with Gasteiger partial charge in [-0.15, -0.1) is 0 Å². The number of hydrogen-bond acceptors (Lipinski definition) is 5. The highest BCUT2D eigenvalue weighted by molar-refractivity contribution is 7.89. The number of carbonyl (C=O) groups excluding carboxylic acids is 1. The summed E-state index contributed by atoms with van der Waals surface area (Å²) in [5, 5.41) is 5.96. The zero-order valence-electron chi connectivity index (χ0n) is 18.1. The van der Waals surface area contributed by atoms with Crippen LogP contribution in [-0.2, 0) is 21.3 Å². The highest BCUT2D eigenvalue weighted by atomic mass is 32.2. The van der Waals surface area contributed by atoms with Gasteiger partial charge in [0.2, 0.25) is 10.0 Å². The Morgan fingerprint density at radius 1 is 1.27 bits per heavy atom. The molecule has 0 aliphatic carbocycles. The molecular formula is C20H33N5O4S. The van der Waals surface area contributed by atoms with Gasteiger partial charge < -0.3 is 20.3 Å². The third-order valence-electron chi connectivity index (χ3n) is 4.41. The molecule has 1 saturated heterocycles. The lowest BCUT2D eigenvalue weighted by molar-refractivity contribution is 0.0507. The third-order valence-corrected chi connectivity index (χ3v) is 5.74. The monoisotopic (exact) mass is 439 g/mol. The van der Waals surface area contributed by atoms with Crippen molar-refractivity contribution in [1.29, 1.82) is 0 Å². The molecule has 2 rings (SSSR count). The van der Waals surface area contributed by atoms with E-state index in [9.17, 15) is 13.2 Å². The number of carbonyl (C=O) groups is 1. The number of rotatable bonds is 7. The number of benzene rings is 1. The molecule has 0 aromatic heterocycles. The van der Waals surface area contributed by atoms with E-state index in [4.69, 9.17) is 4.74 Å². The average Bonchev–Trinajstić information content (AvgIpc) is 3.11. The van der Waals surface area contributed by atoms with Crippen molar-refractivity contribution >= 4 is 22.1 Å². The van der Waals surface area contributed by atoms with Crippen LogP contribution in [0, 0.1) is 0 Å². The molecule has 0 saturated carbocycles. The second kappa shape index (κ2) is 10.6. The number of amides is 1. The Morgan fingerprint density at radius 3 is 2.60 bits per heavy atom. The molecule has 1 fully saturated rings. The summed E-state index contributed by atoms with van der Waals surface area (Å²) in [5.74, 6) is 0.550. The number of likely N-dealkylation sites (tertiary alicyclic amines) is 1. The number of hydrogen-bond donors (Lipinski definition) is 3. The Morgan fingerprint density at radius 2 is 1.97 bits per heavy atom. The summed E-state index contributed by atoms with van der Waals surface area (Å²) in [7, 11) is -1.76.